The van der Waals surface area contributed by atoms with Crippen LogP contribution in [0.25, 0.3) is 5.57 Å². The SMILES string of the molecule is COC(=O)c1ccc(C2C(c3ccccc3)=C(O)C(=O)N2Cc2ccc(F)cc2)cc1. The van der Waals surface area contributed by atoms with Crippen LogP contribution in [0.15, 0.2) is 84.6 Å². The molecule has 5 nitrogen and oxygen atoms in total. The number of amides is 1. The van der Waals surface area contributed by atoms with E-state index in [0.717, 1.165) is 16.7 Å². The predicted molar refractivity (Wildman–Crippen MR) is 113 cm³/mol. The molecule has 0 saturated heterocycles. The van der Waals surface area contributed by atoms with E-state index in [1.54, 1.807) is 36.4 Å². The molecule has 1 unspecified atom stereocenters. The Bertz CT molecular complexity index is 1140. The fraction of sp³-hybridized carbons (Fsp3) is 0.120. The van der Waals surface area contributed by atoms with Crippen molar-refractivity contribution in [3.05, 3.63) is 113 Å². The van der Waals surface area contributed by atoms with E-state index in [1.807, 2.05) is 30.3 Å². The van der Waals surface area contributed by atoms with Gasteiger partial charge < -0.3 is 14.7 Å². The molecular formula is C25H20FNO4. The number of esters is 1. The Morgan fingerprint density at radius 3 is 2.26 bits per heavy atom. The second-order valence-corrected chi connectivity index (χ2v) is 7.20. The maximum absolute atomic E-state index is 13.3. The summed E-state index contributed by atoms with van der Waals surface area (Å²) in [6, 6.07) is 21.2. The molecule has 1 N–H and O–H groups in total. The number of rotatable bonds is 5. The number of carbonyl (C=O) groups is 2. The van der Waals surface area contributed by atoms with E-state index in [0.29, 0.717) is 11.1 Å². The van der Waals surface area contributed by atoms with Gasteiger partial charge in [-0.3, -0.25) is 4.79 Å². The van der Waals surface area contributed by atoms with Crippen LogP contribution < -0.4 is 0 Å². The number of aliphatic hydroxyl groups excluding tert-OH is 1. The first-order valence-electron chi connectivity index (χ1n) is 9.72. The predicted octanol–water partition coefficient (Wildman–Crippen LogP) is 4.67. The first-order chi connectivity index (χ1) is 15.0. The van der Waals surface area contributed by atoms with E-state index in [-0.39, 0.29) is 18.1 Å². The highest BCUT2D eigenvalue weighted by atomic mass is 19.1. The Morgan fingerprint density at radius 1 is 1.00 bits per heavy atom. The quantitative estimate of drug-likeness (QED) is 0.613. The largest absolute Gasteiger partial charge is 0.503 e. The number of aliphatic hydroxyl groups is 1. The molecule has 0 radical (unpaired) electrons. The summed E-state index contributed by atoms with van der Waals surface area (Å²) < 4.78 is 18.1. The molecule has 156 valence electrons. The molecule has 6 heteroatoms. The smallest absolute Gasteiger partial charge is 0.337 e. The number of hydrogen-bond donors (Lipinski definition) is 1. The van der Waals surface area contributed by atoms with Crippen LogP contribution in [0, 0.1) is 5.82 Å². The van der Waals surface area contributed by atoms with Crippen molar-refractivity contribution in [2.75, 3.05) is 7.11 Å². The van der Waals surface area contributed by atoms with Gasteiger partial charge in [0.05, 0.1) is 18.7 Å². The van der Waals surface area contributed by atoms with Crippen molar-refractivity contribution < 1.29 is 23.8 Å². The van der Waals surface area contributed by atoms with Crippen LogP contribution >= 0.6 is 0 Å². The Balaban J connectivity index is 1.78. The molecule has 31 heavy (non-hydrogen) atoms. The number of carbonyl (C=O) groups excluding carboxylic acids is 2. The molecule has 1 aliphatic rings. The minimum absolute atomic E-state index is 0.183. The Hall–Kier alpha value is -3.93. The minimum atomic E-state index is -0.577. The lowest BCUT2D eigenvalue weighted by Crippen LogP contribution is -2.29. The van der Waals surface area contributed by atoms with Crippen LogP contribution in [-0.2, 0) is 16.1 Å². The maximum Gasteiger partial charge on any atom is 0.337 e. The van der Waals surface area contributed by atoms with Crippen molar-refractivity contribution in [3.63, 3.8) is 0 Å². The van der Waals surface area contributed by atoms with E-state index < -0.39 is 17.9 Å². The first kappa shape index (κ1) is 20.3. The van der Waals surface area contributed by atoms with E-state index in [1.165, 1.54) is 24.1 Å². The summed E-state index contributed by atoms with van der Waals surface area (Å²) in [5, 5.41) is 10.8. The number of ether oxygens (including phenoxy) is 1. The van der Waals surface area contributed by atoms with Crippen molar-refractivity contribution >= 4 is 17.4 Å². The zero-order valence-corrected chi connectivity index (χ0v) is 16.8. The second kappa shape index (κ2) is 8.44. The fourth-order valence-corrected chi connectivity index (χ4v) is 3.78. The number of benzene rings is 3. The van der Waals surface area contributed by atoms with Gasteiger partial charge in [-0.15, -0.1) is 0 Å². The zero-order valence-electron chi connectivity index (χ0n) is 16.8. The highest BCUT2D eigenvalue weighted by Gasteiger charge is 2.41. The Labute approximate surface area is 179 Å². The van der Waals surface area contributed by atoms with Crippen LogP contribution in [-0.4, -0.2) is 29.0 Å². The van der Waals surface area contributed by atoms with Gasteiger partial charge in [0, 0.05) is 12.1 Å². The van der Waals surface area contributed by atoms with Gasteiger partial charge in [-0.2, -0.15) is 0 Å². The Morgan fingerprint density at radius 2 is 1.65 bits per heavy atom. The number of nitrogens with zero attached hydrogens (tertiary/aromatic N) is 1. The van der Waals surface area contributed by atoms with Gasteiger partial charge in [-0.25, -0.2) is 9.18 Å². The van der Waals surface area contributed by atoms with E-state index in [2.05, 4.69) is 0 Å². The highest BCUT2D eigenvalue weighted by Crippen LogP contribution is 2.43. The highest BCUT2D eigenvalue weighted by molar-refractivity contribution is 6.05. The molecule has 0 aromatic heterocycles. The lowest BCUT2D eigenvalue weighted by atomic mass is 9.93. The fourth-order valence-electron chi connectivity index (χ4n) is 3.78. The van der Waals surface area contributed by atoms with Crippen molar-refractivity contribution in [1.82, 2.24) is 4.90 Å². The van der Waals surface area contributed by atoms with Gasteiger partial charge in [-0.05, 0) is 41.0 Å². The monoisotopic (exact) mass is 417 g/mol. The molecule has 3 aromatic carbocycles. The van der Waals surface area contributed by atoms with Crippen LogP contribution in [0.4, 0.5) is 4.39 Å². The Kier molecular flexibility index (Phi) is 5.54. The van der Waals surface area contributed by atoms with Crippen molar-refractivity contribution in [2.24, 2.45) is 0 Å². The van der Waals surface area contributed by atoms with Gasteiger partial charge >= 0.3 is 5.97 Å². The molecule has 4 rings (SSSR count). The standard InChI is InChI=1S/C25H20FNO4/c1-31-25(30)19-11-9-18(10-12-19)22-21(17-5-3-2-4-6-17)23(28)24(29)27(22)15-16-7-13-20(26)14-8-16/h2-14,22,28H,15H2,1H3. The van der Waals surface area contributed by atoms with Crippen LogP contribution in [0.3, 0.4) is 0 Å². The molecule has 3 aromatic rings. The average molecular weight is 417 g/mol. The summed E-state index contributed by atoms with van der Waals surface area (Å²) in [5.41, 5.74) is 3.05. The summed E-state index contributed by atoms with van der Waals surface area (Å²) in [4.78, 5) is 26.4. The van der Waals surface area contributed by atoms with Crippen LogP contribution in [0.1, 0.15) is 33.1 Å². The number of methoxy groups -OCH3 is 1. The van der Waals surface area contributed by atoms with E-state index in [9.17, 15) is 19.1 Å². The third-order valence-corrected chi connectivity index (χ3v) is 5.30. The van der Waals surface area contributed by atoms with Gasteiger partial charge in [0.2, 0.25) is 0 Å². The number of halogens is 1. The third-order valence-electron chi connectivity index (χ3n) is 5.30. The molecule has 1 amide bonds. The molecule has 0 saturated carbocycles. The van der Waals surface area contributed by atoms with E-state index in [4.69, 9.17) is 4.74 Å². The van der Waals surface area contributed by atoms with E-state index >= 15 is 0 Å². The van der Waals surface area contributed by atoms with Crippen LogP contribution in [0.5, 0.6) is 0 Å². The summed E-state index contributed by atoms with van der Waals surface area (Å²) in [5.74, 6) is -1.66. The summed E-state index contributed by atoms with van der Waals surface area (Å²) in [6.45, 7) is 0.183. The second-order valence-electron chi connectivity index (χ2n) is 7.20. The maximum atomic E-state index is 13.3. The normalized spacial score (nSPS) is 16.0. The van der Waals surface area contributed by atoms with Gasteiger partial charge in [0.15, 0.2) is 5.76 Å². The van der Waals surface area contributed by atoms with Gasteiger partial charge in [0.1, 0.15) is 5.82 Å². The zero-order chi connectivity index (χ0) is 22.0. The third kappa shape index (κ3) is 3.92. The van der Waals surface area contributed by atoms with Gasteiger partial charge in [0.25, 0.3) is 5.91 Å². The average Bonchev–Trinajstić information content (AvgIpc) is 3.05. The molecule has 1 heterocycles. The molecule has 1 atom stereocenters. The molecule has 0 bridgehead atoms. The molecule has 0 spiro atoms. The summed E-state index contributed by atoms with van der Waals surface area (Å²) >= 11 is 0. The summed E-state index contributed by atoms with van der Waals surface area (Å²) in [6.07, 6.45) is 0. The molecular weight excluding hydrogens is 397 g/mol. The van der Waals surface area contributed by atoms with Gasteiger partial charge in [-0.1, -0.05) is 54.6 Å². The minimum Gasteiger partial charge on any atom is -0.503 e. The lowest BCUT2D eigenvalue weighted by molar-refractivity contribution is -0.130. The molecule has 1 aliphatic heterocycles. The summed E-state index contributed by atoms with van der Waals surface area (Å²) in [7, 11) is 1.31. The van der Waals surface area contributed by atoms with Crippen molar-refractivity contribution in [3.8, 4) is 0 Å². The van der Waals surface area contributed by atoms with Crippen molar-refractivity contribution in [1.29, 1.82) is 0 Å². The topological polar surface area (TPSA) is 66.8 Å². The molecule has 0 fully saturated rings. The number of hydrogen-bond acceptors (Lipinski definition) is 4. The van der Waals surface area contributed by atoms with Crippen LogP contribution in [0.2, 0.25) is 0 Å². The van der Waals surface area contributed by atoms with Crippen molar-refractivity contribution in [2.45, 2.75) is 12.6 Å². The lowest BCUT2D eigenvalue weighted by Gasteiger charge is -2.27. The molecule has 0 aliphatic carbocycles. The first-order valence-corrected chi connectivity index (χ1v) is 9.72.